The highest BCUT2D eigenvalue weighted by Gasteiger charge is 2.42. The van der Waals surface area contributed by atoms with Crippen molar-refractivity contribution in [2.75, 3.05) is 6.61 Å². The highest BCUT2D eigenvalue weighted by molar-refractivity contribution is 5.67. The monoisotopic (exact) mass is 461 g/mol. The first-order chi connectivity index (χ1) is 16.6. The predicted molar refractivity (Wildman–Crippen MR) is 126 cm³/mol. The number of aromatic nitrogens is 2. The minimum absolute atomic E-state index is 0.117. The van der Waals surface area contributed by atoms with E-state index in [2.05, 4.69) is 21.4 Å². The molecule has 2 heterocycles. The van der Waals surface area contributed by atoms with Crippen LogP contribution in [0, 0.1) is 17.7 Å². The molecule has 1 amide bonds. The summed E-state index contributed by atoms with van der Waals surface area (Å²) in [7, 11) is 0. The van der Waals surface area contributed by atoms with Crippen LogP contribution < -0.4 is 5.32 Å². The van der Waals surface area contributed by atoms with Crippen LogP contribution in [-0.2, 0) is 11.2 Å². The number of allylic oxidation sites excluding steroid dienone is 1. The van der Waals surface area contributed by atoms with Gasteiger partial charge < -0.3 is 14.5 Å². The van der Waals surface area contributed by atoms with Gasteiger partial charge in [0.2, 0.25) is 0 Å². The molecule has 2 aromatic heterocycles. The lowest BCUT2D eigenvalue weighted by Crippen LogP contribution is -2.44. The number of benzene rings is 1. The van der Waals surface area contributed by atoms with Crippen LogP contribution in [0.4, 0.5) is 9.18 Å². The number of carbonyl (C=O) groups excluding carboxylic acids is 1. The first-order valence-corrected chi connectivity index (χ1v) is 11.9. The van der Waals surface area contributed by atoms with Crippen LogP contribution in [0.2, 0.25) is 0 Å². The summed E-state index contributed by atoms with van der Waals surface area (Å²) in [6.07, 6.45) is 10.8. The van der Waals surface area contributed by atoms with E-state index in [0.29, 0.717) is 18.4 Å². The van der Waals surface area contributed by atoms with Gasteiger partial charge in [0.25, 0.3) is 0 Å². The fraction of sp³-hybridized carbons (Fsp3) is 0.370. The SMILES string of the molecule is CCOC(=O)N[C@H]1CC[C@@H]2[C@H](Cc3ocnc3[C@H]2/C=C/c2ccc(-c3cccc(F)c3)cn2)C1. The van der Waals surface area contributed by atoms with E-state index in [1.54, 1.807) is 12.3 Å². The number of pyridine rings is 1. The maximum absolute atomic E-state index is 13.5. The van der Waals surface area contributed by atoms with Crippen LogP contribution >= 0.6 is 0 Å². The summed E-state index contributed by atoms with van der Waals surface area (Å²) in [6, 6.07) is 10.5. The number of nitrogens with zero attached hydrogens (tertiary/aromatic N) is 2. The van der Waals surface area contributed by atoms with Gasteiger partial charge in [-0.1, -0.05) is 24.3 Å². The van der Waals surface area contributed by atoms with Gasteiger partial charge in [-0.05, 0) is 67.9 Å². The predicted octanol–water partition coefficient (Wildman–Crippen LogP) is 5.76. The van der Waals surface area contributed by atoms with E-state index in [4.69, 9.17) is 9.15 Å². The van der Waals surface area contributed by atoms with Crippen molar-refractivity contribution >= 4 is 12.2 Å². The average molecular weight is 462 g/mol. The van der Waals surface area contributed by atoms with Gasteiger partial charge in [0.15, 0.2) is 6.39 Å². The molecule has 2 aliphatic rings. The molecule has 0 saturated heterocycles. The molecule has 4 atom stereocenters. The van der Waals surface area contributed by atoms with Crippen molar-refractivity contribution in [2.45, 2.75) is 44.6 Å². The number of nitrogens with one attached hydrogen (secondary N) is 1. The summed E-state index contributed by atoms with van der Waals surface area (Å²) in [6.45, 7) is 2.18. The van der Waals surface area contributed by atoms with Gasteiger partial charge in [0.05, 0.1) is 18.0 Å². The molecule has 0 aliphatic heterocycles. The molecule has 34 heavy (non-hydrogen) atoms. The first kappa shape index (κ1) is 22.3. The minimum atomic E-state index is -0.341. The number of rotatable bonds is 5. The zero-order valence-corrected chi connectivity index (χ0v) is 19.1. The third-order valence-corrected chi connectivity index (χ3v) is 6.95. The van der Waals surface area contributed by atoms with Gasteiger partial charge in [-0.15, -0.1) is 0 Å². The Bertz CT molecular complexity index is 1170. The van der Waals surface area contributed by atoms with Crippen molar-refractivity contribution in [1.29, 1.82) is 0 Å². The third kappa shape index (κ3) is 4.74. The van der Waals surface area contributed by atoms with Crippen molar-refractivity contribution in [3.63, 3.8) is 0 Å². The molecule has 3 aromatic rings. The highest BCUT2D eigenvalue weighted by Crippen LogP contribution is 2.47. The topological polar surface area (TPSA) is 77.2 Å². The molecule has 1 saturated carbocycles. The standard InChI is InChI=1S/C27H28FN3O3/c1-2-33-27(32)31-22-9-10-23-19(13-22)14-25-26(30-16-34-25)24(23)11-8-21-7-6-18(15-29-21)17-4-3-5-20(28)12-17/h3-8,11-12,15-16,19,22-24H,2,9-10,13-14H2,1H3,(H,31,32)/b11-8+/t19-,22-,23+,24-/m0/s1. The van der Waals surface area contributed by atoms with Crippen LogP contribution in [0.3, 0.4) is 0 Å². The Morgan fingerprint density at radius 1 is 1.24 bits per heavy atom. The molecule has 6 nitrogen and oxygen atoms in total. The number of halogens is 1. The quantitative estimate of drug-likeness (QED) is 0.523. The van der Waals surface area contributed by atoms with Gasteiger partial charge in [-0.2, -0.15) is 0 Å². The van der Waals surface area contributed by atoms with Gasteiger partial charge in [-0.3, -0.25) is 4.98 Å². The lowest BCUT2D eigenvalue weighted by molar-refractivity contribution is 0.126. The minimum Gasteiger partial charge on any atom is -0.450 e. The van der Waals surface area contributed by atoms with Crippen molar-refractivity contribution in [3.8, 4) is 11.1 Å². The van der Waals surface area contributed by atoms with Crippen molar-refractivity contribution in [2.24, 2.45) is 11.8 Å². The molecule has 1 aromatic carbocycles. The molecule has 0 unspecified atom stereocenters. The molecule has 0 spiro atoms. The van der Waals surface area contributed by atoms with E-state index in [1.165, 1.54) is 18.5 Å². The van der Waals surface area contributed by atoms with Gasteiger partial charge in [0, 0.05) is 30.1 Å². The van der Waals surface area contributed by atoms with Crippen LogP contribution in [0.25, 0.3) is 17.2 Å². The first-order valence-electron chi connectivity index (χ1n) is 11.9. The summed E-state index contributed by atoms with van der Waals surface area (Å²) < 4.78 is 24.3. The van der Waals surface area contributed by atoms with Crippen LogP contribution in [0.1, 0.15) is 49.3 Å². The molecular formula is C27H28FN3O3. The number of ether oxygens (including phenoxy) is 1. The number of alkyl carbamates (subject to hydrolysis) is 1. The number of hydrogen-bond donors (Lipinski definition) is 1. The number of oxazole rings is 1. The number of hydrogen-bond acceptors (Lipinski definition) is 5. The second kappa shape index (κ2) is 9.79. The molecule has 2 aliphatic carbocycles. The summed E-state index contributed by atoms with van der Waals surface area (Å²) in [5, 5.41) is 3.01. The van der Waals surface area contributed by atoms with E-state index in [1.807, 2.05) is 31.2 Å². The van der Waals surface area contributed by atoms with Gasteiger partial charge >= 0.3 is 6.09 Å². The molecule has 7 heteroatoms. The van der Waals surface area contributed by atoms with E-state index >= 15 is 0 Å². The fourth-order valence-electron chi connectivity index (χ4n) is 5.39. The van der Waals surface area contributed by atoms with E-state index in [9.17, 15) is 9.18 Å². The summed E-state index contributed by atoms with van der Waals surface area (Å²) in [4.78, 5) is 21.0. The number of amides is 1. The van der Waals surface area contributed by atoms with E-state index < -0.39 is 0 Å². The normalized spacial score (nSPS) is 23.8. The Hall–Kier alpha value is -3.48. The molecule has 5 rings (SSSR count). The number of fused-ring (bicyclic) bond motifs is 2. The molecule has 176 valence electrons. The summed E-state index contributed by atoms with van der Waals surface area (Å²) >= 11 is 0. The lowest BCUT2D eigenvalue weighted by Gasteiger charge is -2.41. The maximum atomic E-state index is 13.5. The Morgan fingerprint density at radius 3 is 2.94 bits per heavy atom. The van der Waals surface area contributed by atoms with Crippen LogP contribution in [0.5, 0.6) is 0 Å². The van der Waals surface area contributed by atoms with Crippen molar-refractivity contribution < 1.29 is 18.3 Å². The largest absolute Gasteiger partial charge is 0.450 e. The maximum Gasteiger partial charge on any atom is 0.407 e. The van der Waals surface area contributed by atoms with E-state index in [-0.39, 0.29) is 23.9 Å². The Balaban J connectivity index is 1.32. The Morgan fingerprint density at radius 2 is 2.15 bits per heavy atom. The average Bonchev–Trinajstić information content (AvgIpc) is 3.30. The molecular weight excluding hydrogens is 433 g/mol. The van der Waals surface area contributed by atoms with Gasteiger partial charge in [-0.25, -0.2) is 14.2 Å². The lowest BCUT2D eigenvalue weighted by atomic mass is 9.65. The highest BCUT2D eigenvalue weighted by atomic mass is 19.1. The van der Waals surface area contributed by atoms with Crippen LogP contribution in [-0.4, -0.2) is 28.7 Å². The Labute approximate surface area is 198 Å². The van der Waals surface area contributed by atoms with Crippen molar-refractivity contribution in [3.05, 3.63) is 78.0 Å². The van der Waals surface area contributed by atoms with Crippen LogP contribution in [0.15, 0.2) is 59.5 Å². The fourth-order valence-corrected chi connectivity index (χ4v) is 5.39. The second-order valence-electron chi connectivity index (χ2n) is 9.03. The Kier molecular flexibility index (Phi) is 6.43. The summed E-state index contributed by atoms with van der Waals surface area (Å²) in [5.41, 5.74) is 3.52. The third-order valence-electron chi connectivity index (χ3n) is 6.95. The van der Waals surface area contributed by atoms with E-state index in [0.717, 1.165) is 54.0 Å². The number of carbonyl (C=O) groups is 1. The molecule has 1 N–H and O–H groups in total. The smallest absolute Gasteiger partial charge is 0.407 e. The second-order valence-corrected chi connectivity index (χ2v) is 9.03. The molecule has 1 fully saturated rings. The molecule has 0 bridgehead atoms. The van der Waals surface area contributed by atoms with Crippen molar-refractivity contribution in [1.82, 2.24) is 15.3 Å². The summed E-state index contributed by atoms with van der Waals surface area (Å²) in [5.74, 6) is 1.64. The van der Waals surface area contributed by atoms with Gasteiger partial charge in [0.1, 0.15) is 11.6 Å². The molecule has 0 radical (unpaired) electrons. The zero-order valence-electron chi connectivity index (χ0n) is 19.1. The zero-order chi connectivity index (χ0) is 23.5.